The second-order valence-electron chi connectivity index (χ2n) is 11.2. The number of ether oxygens (including phenoxy) is 3. The largest absolute Gasteiger partial charge is 0.494 e. The van der Waals surface area contributed by atoms with Crippen LogP contribution in [0.25, 0.3) is 10.9 Å². The summed E-state index contributed by atoms with van der Waals surface area (Å²) in [6.07, 6.45) is 1.53. The molecular formula is C33H39FN2O3. The first-order chi connectivity index (χ1) is 18.7. The van der Waals surface area contributed by atoms with Gasteiger partial charge in [-0.2, -0.15) is 0 Å². The first-order valence-electron chi connectivity index (χ1n) is 13.7. The van der Waals surface area contributed by atoms with Gasteiger partial charge in [0.25, 0.3) is 0 Å². The van der Waals surface area contributed by atoms with Crippen molar-refractivity contribution in [3.8, 4) is 5.75 Å². The molecule has 0 saturated heterocycles. The van der Waals surface area contributed by atoms with E-state index >= 15 is 0 Å². The summed E-state index contributed by atoms with van der Waals surface area (Å²) in [5.74, 6) is 1.21. The number of allylic oxidation sites excluding steroid dienone is 1. The van der Waals surface area contributed by atoms with Gasteiger partial charge < -0.3 is 23.7 Å². The molecule has 6 heteroatoms. The van der Waals surface area contributed by atoms with Crippen LogP contribution in [-0.4, -0.2) is 35.1 Å². The van der Waals surface area contributed by atoms with Crippen LogP contribution in [-0.2, 0) is 22.6 Å². The molecule has 0 N–H and O–H groups in total. The van der Waals surface area contributed by atoms with E-state index in [-0.39, 0.29) is 17.5 Å². The smallest absolute Gasteiger partial charge is 0.235 e. The van der Waals surface area contributed by atoms with Crippen LogP contribution < -0.4 is 4.74 Å². The predicted octanol–water partition coefficient (Wildman–Crippen LogP) is 7.70. The molecule has 3 atom stereocenters. The fourth-order valence-corrected chi connectivity index (χ4v) is 5.92. The summed E-state index contributed by atoms with van der Waals surface area (Å²) in [6, 6.07) is 18.5. The minimum Gasteiger partial charge on any atom is -0.494 e. The molecule has 0 fully saturated rings. The molecule has 5 nitrogen and oxygen atoms in total. The number of nitrogens with zero attached hydrogens (tertiary/aromatic N) is 2. The molecule has 206 valence electrons. The van der Waals surface area contributed by atoms with Crippen LogP contribution in [0.15, 0.2) is 90.9 Å². The molecule has 39 heavy (non-hydrogen) atoms. The Hall–Kier alpha value is -3.51. The van der Waals surface area contributed by atoms with Gasteiger partial charge in [-0.05, 0) is 42.7 Å². The van der Waals surface area contributed by atoms with Gasteiger partial charge in [-0.3, -0.25) is 0 Å². The highest BCUT2D eigenvalue weighted by Gasteiger charge is 2.44. The number of hydrogen-bond acceptors (Lipinski definition) is 4. The number of hydrogen-bond donors (Lipinski definition) is 0. The maximum absolute atomic E-state index is 13.9. The summed E-state index contributed by atoms with van der Waals surface area (Å²) < 4.78 is 33.9. The lowest BCUT2D eigenvalue weighted by Crippen LogP contribution is -2.53. The summed E-state index contributed by atoms with van der Waals surface area (Å²) in [5.41, 5.74) is 5.14. The van der Waals surface area contributed by atoms with Gasteiger partial charge in [0.05, 0.1) is 37.4 Å². The molecule has 3 heterocycles. The van der Waals surface area contributed by atoms with E-state index in [1.165, 1.54) is 12.6 Å². The zero-order chi connectivity index (χ0) is 27.7. The normalized spacial score (nSPS) is 19.8. The molecule has 0 bridgehead atoms. The minimum atomic E-state index is -1.39. The van der Waals surface area contributed by atoms with Crippen LogP contribution in [0.2, 0.25) is 0 Å². The number of fused-ring (bicyclic) bond motifs is 5. The molecule has 3 aromatic rings. The third-order valence-corrected chi connectivity index (χ3v) is 7.85. The van der Waals surface area contributed by atoms with Crippen molar-refractivity contribution < 1.29 is 18.6 Å². The number of alkyl halides is 1. The average Bonchev–Trinajstić information content (AvgIpc) is 3.28. The molecule has 2 aliphatic heterocycles. The maximum atomic E-state index is 13.9. The zero-order valence-electron chi connectivity index (χ0n) is 23.5. The second-order valence-corrected chi connectivity index (χ2v) is 11.2. The van der Waals surface area contributed by atoms with Gasteiger partial charge in [0.15, 0.2) is 0 Å². The van der Waals surface area contributed by atoms with Crippen molar-refractivity contribution in [2.75, 3.05) is 13.2 Å². The van der Waals surface area contributed by atoms with Crippen LogP contribution >= 0.6 is 0 Å². The highest BCUT2D eigenvalue weighted by Crippen LogP contribution is 2.48. The Balaban J connectivity index is 1.54. The Morgan fingerprint density at radius 2 is 1.92 bits per heavy atom. The van der Waals surface area contributed by atoms with E-state index in [1.54, 1.807) is 0 Å². The van der Waals surface area contributed by atoms with Crippen molar-refractivity contribution in [1.82, 2.24) is 9.47 Å². The molecule has 3 unspecified atom stereocenters. The Kier molecular flexibility index (Phi) is 7.59. The fraction of sp³-hybridized carbons (Fsp3) is 0.394. The summed E-state index contributed by atoms with van der Waals surface area (Å²) in [6.45, 7) is 19.0. The van der Waals surface area contributed by atoms with Crippen molar-refractivity contribution in [3.05, 3.63) is 102 Å². The van der Waals surface area contributed by atoms with Crippen molar-refractivity contribution in [3.63, 3.8) is 0 Å². The second kappa shape index (κ2) is 10.9. The Morgan fingerprint density at radius 1 is 1.15 bits per heavy atom. The first-order valence-corrected chi connectivity index (χ1v) is 13.7. The van der Waals surface area contributed by atoms with Crippen LogP contribution in [0.5, 0.6) is 5.75 Å². The standard InChI is InChI=1S/C33H39FN2O3/c1-7-38-23(3)27-18-36-29(16-22(27)2)30-17-26-28(14-11-15-31(26)39-24(4)34)35(30)19-32(36)33(5,6)21-37-20-25-12-9-8-10-13-25/h8-15,17-18,24,29,32H,2-3,7,16,19-21H2,1,4-6H3. The number of rotatable bonds is 10. The number of halogens is 1. The van der Waals surface area contributed by atoms with E-state index in [9.17, 15) is 4.39 Å². The fourth-order valence-electron chi connectivity index (χ4n) is 5.92. The highest BCUT2D eigenvalue weighted by molar-refractivity contribution is 5.88. The molecule has 1 aromatic heterocycles. The molecule has 5 rings (SSSR count). The lowest BCUT2D eigenvalue weighted by molar-refractivity contribution is -0.0214. The lowest BCUT2D eigenvalue weighted by atomic mass is 9.79. The summed E-state index contributed by atoms with van der Waals surface area (Å²) in [7, 11) is 0. The maximum Gasteiger partial charge on any atom is 0.235 e. The Morgan fingerprint density at radius 3 is 2.64 bits per heavy atom. The highest BCUT2D eigenvalue weighted by atomic mass is 19.1. The van der Waals surface area contributed by atoms with Crippen LogP contribution in [0, 0.1) is 5.41 Å². The van der Waals surface area contributed by atoms with E-state index in [0.29, 0.717) is 31.3 Å². The van der Waals surface area contributed by atoms with Gasteiger partial charge >= 0.3 is 0 Å². The van der Waals surface area contributed by atoms with Gasteiger partial charge in [0.2, 0.25) is 6.36 Å². The molecule has 0 amide bonds. The Bertz CT molecular complexity index is 1390. The SMILES string of the molecule is C=C1CC2c3cc4c(OC(C)F)cccc4n3CC(C(C)(C)COCc3ccccc3)N2C=C1C(=C)OCC. The molecule has 2 aromatic carbocycles. The van der Waals surface area contributed by atoms with Gasteiger partial charge in [-0.25, -0.2) is 4.39 Å². The van der Waals surface area contributed by atoms with Crippen LogP contribution in [0.4, 0.5) is 4.39 Å². The molecule has 0 radical (unpaired) electrons. The molecular weight excluding hydrogens is 491 g/mol. The van der Waals surface area contributed by atoms with Crippen LogP contribution in [0.3, 0.4) is 0 Å². The van der Waals surface area contributed by atoms with Gasteiger partial charge in [-0.15, -0.1) is 0 Å². The van der Waals surface area contributed by atoms with E-state index in [0.717, 1.165) is 40.6 Å². The monoisotopic (exact) mass is 530 g/mol. The van der Waals surface area contributed by atoms with E-state index in [4.69, 9.17) is 14.2 Å². The van der Waals surface area contributed by atoms with E-state index in [2.05, 4.69) is 66.9 Å². The van der Waals surface area contributed by atoms with E-state index < -0.39 is 6.36 Å². The topological polar surface area (TPSA) is 35.9 Å². The molecule has 0 aliphatic carbocycles. The molecule has 0 spiro atoms. The number of aromatic nitrogens is 1. The van der Waals surface area contributed by atoms with Gasteiger partial charge in [0.1, 0.15) is 11.5 Å². The minimum absolute atomic E-state index is 0.0610. The Labute approximate surface area is 231 Å². The quantitative estimate of drug-likeness (QED) is 0.252. The lowest BCUT2D eigenvalue weighted by Gasteiger charge is -2.51. The van der Waals surface area contributed by atoms with Gasteiger partial charge in [-0.1, -0.05) is 63.4 Å². The zero-order valence-corrected chi connectivity index (χ0v) is 23.5. The average molecular weight is 531 g/mol. The van der Waals surface area contributed by atoms with Crippen molar-refractivity contribution in [1.29, 1.82) is 0 Å². The van der Waals surface area contributed by atoms with Crippen molar-refractivity contribution in [2.24, 2.45) is 5.41 Å². The molecule has 0 saturated carbocycles. The molecule has 2 aliphatic rings. The number of benzene rings is 2. The third-order valence-electron chi connectivity index (χ3n) is 7.85. The summed E-state index contributed by atoms with van der Waals surface area (Å²) in [5, 5.41) is 0.926. The first kappa shape index (κ1) is 27.1. The summed E-state index contributed by atoms with van der Waals surface area (Å²) >= 11 is 0. The van der Waals surface area contributed by atoms with E-state index in [1.807, 2.05) is 37.3 Å². The van der Waals surface area contributed by atoms with Crippen molar-refractivity contribution in [2.45, 2.75) is 65.7 Å². The van der Waals surface area contributed by atoms with Crippen LogP contribution in [0.1, 0.15) is 51.4 Å². The predicted molar refractivity (Wildman–Crippen MR) is 154 cm³/mol. The van der Waals surface area contributed by atoms with Crippen molar-refractivity contribution >= 4 is 10.9 Å². The summed E-state index contributed by atoms with van der Waals surface area (Å²) in [4.78, 5) is 2.45. The third kappa shape index (κ3) is 5.35. The van der Waals surface area contributed by atoms with Gasteiger partial charge in [0, 0.05) is 41.7 Å².